The molecule has 6 atom stereocenters. The van der Waals surface area contributed by atoms with E-state index in [1.54, 1.807) is 72.8 Å². The van der Waals surface area contributed by atoms with Gasteiger partial charge in [0.1, 0.15) is 5.60 Å². The van der Waals surface area contributed by atoms with Crippen molar-refractivity contribution in [1.82, 2.24) is 20.0 Å². The number of carbonyl (C=O) groups excluding carboxylic acids is 7. The average Bonchev–Trinajstić information content (AvgIpc) is 4.35. The van der Waals surface area contributed by atoms with Gasteiger partial charge in [-0.25, -0.2) is 4.79 Å². The minimum absolute atomic E-state index is 0.0532. The lowest BCUT2D eigenvalue weighted by Gasteiger charge is -2.26. The monoisotopic (exact) mass is 1210 g/mol. The third kappa shape index (κ3) is 19.2. The quantitative estimate of drug-likeness (QED) is 0.0254. The second kappa shape index (κ2) is 33.8. The first-order valence-corrected chi connectivity index (χ1v) is 32.1. The molecule has 0 unspecified atom stereocenters. The fourth-order valence-electron chi connectivity index (χ4n) is 10.5. The molecule has 0 aromatic heterocycles. The Kier molecular flexibility index (Phi) is 27.4. The maximum Gasteiger partial charge on any atom is 0.407 e. The Labute approximate surface area is 502 Å². The van der Waals surface area contributed by atoms with Gasteiger partial charge in [-0.3, -0.25) is 43.5 Å². The maximum atomic E-state index is 12.7. The number of nitrogens with zero attached hydrogens (tertiary/aromatic N) is 3. The van der Waals surface area contributed by atoms with Crippen LogP contribution in [0.3, 0.4) is 0 Å². The Morgan fingerprint density at radius 1 is 0.573 bits per heavy atom. The number of ether oxygens (including phenoxy) is 4. The van der Waals surface area contributed by atoms with Crippen LogP contribution >= 0.6 is 46.7 Å². The van der Waals surface area contributed by atoms with Crippen molar-refractivity contribution in [3.05, 3.63) is 106 Å². The molecule has 5 heterocycles. The van der Waals surface area contributed by atoms with Gasteiger partial charge >= 0.3 is 6.09 Å². The van der Waals surface area contributed by atoms with Gasteiger partial charge in [-0.2, -0.15) is 23.5 Å². The van der Waals surface area contributed by atoms with Crippen LogP contribution in [0.4, 0.5) is 4.79 Å². The van der Waals surface area contributed by atoms with E-state index in [0.717, 1.165) is 69.5 Å². The van der Waals surface area contributed by atoms with E-state index in [-0.39, 0.29) is 65.0 Å². The molecule has 5 N–H and O–H groups in total. The van der Waals surface area contributed by atoms with E-state index in [0.29, 0.717) is 121 Å². The summed E-state index contributed by atoms with van der Waals surface area (Å²) in [6, 6.07) is 21.1. The molecule has 0 radical (unpaired) electrons. The van der Waals surface area contributed by atoms with Crippen molar-refractivity contribution in [3.63, 3.8) is 0 Å². The summed E-state index contributed by atoms with van der Waals surface area (Å²) in [7, 11) is 0. The van der Waals surface area contributed by atoms with E-state index < -0.39 is 11.9 Å². The summed E-state index contributed by atoms with van der Waals surface area (Å²) in [5.41, 5.74) is 14.3. The smallest absolute Gasteiger partial charge is 0.407 e. The normalized spacial score (nSPS) is 21.0. The number of halogens is 2. The summed E-state index contributed by atoms with van der Waals surface area (Å²) < 4.78 is 23.6. The van der Waals surface area contributed by atoms with Gasteiger partial charge in [0.2, 0.25) is 0 Å². The van der Waals surface area contributed by atoms with Gasteiger partial charge in [0.05, 0.1) is 38.7 Å². The Hall–Kier alpha value is -4.57. The number of benzene rings is 3. The lowest BCUT2D eigenvalue weighted by atomic mass is 9.97. The van der Waals surface area contributed by atoms with Gasteiger partial charge in [-0.05, 0) is 139 Å². The molecule has 0 spiro atoms. The molecule has 0 bridgehead atoms. The largest absolute Gasteiger partial charge is 0.444 e. The van der Waals surface area contributed by atoms with E-state index in [9.17, 15) is 33.6 Å². The molecule has 7 amide bonds. The molecule has 2 fully saturated rings. The molecule has 2 saturated heterocycles. The van der Waals surface area contributed by atoms with E-state index in [2.05, 4.69) is 12.2 Å². The summed E-state index contributed by atoms with van der Waals surface area (Å²) >= 11 is 13.3. The standard InChI is InChI=1S/C39H51N3O8S.C21H31N3O3S.CH2Cl2/c1-26-25-51-31(33(26)40-38(47)50-39(2,3)4)19-9-10-20-32(48-23-13-11-21-41-34(43)27-15-5-6-16-28(27)35(41)44)49-24-14-12-22-42-36(45)29-17-7-8-18-30(29)37(42)46;22-17-14-28-18(19(17)23)10-2-1-6-12-27-13-7-5-11-24-20(25)15-8-3-4-9-16(15)21(24)26;2-1-3/h5-8,15-18,26,31-33H,9-14,19-25H2,1-4H3,(H,40,47);3-4,8-9,17-19H,1-2,5-7,10-14,22-23H2;1H2/t26-,31-,33-;17-,18-,19-;/m00./s1. The van der Waals surface area contributed by atoms with Crippen molar-refractivity contribution in [1.29, 1.82) is 0 Å². The number of nitrogens with two attached hydrogens (primary N) is 2. The van der Waals surface area contributed by atoms with Crippen LogP contribution in [0, 0.1) is 5.92 Å². The summed E-state index contributed by atoms with van der Waals surface area (Å²) in [5.74, 6) is 0.957. The Bertz CT molecular complexity index is 2420. The lowest BCUT2D eigenvalue weighted by Crippen LogP contribution is -2.45. The highest BCUT2D eigenvalue weighted by molar-refractivity contribution is 8.00. The Morgan fingerprint density at radius 2 is 0.951 bits per heavy atom. The van der Waals surface area contributed by atoms with Gasteiger partial charge in [0.15, 0.2) is 6.29 Å². The van der Waals surface area contributed by atoms with E-state index in [1.807, 2.05) is 44.3 Å². The highest BCUT2D eigenvalue weighted by atomic mass is 35.5. The Morgan fingerprint density at radius 3 is 1.35 bits per heavy atom. The first-order valence-electron chi connectivity index (χ1n) is 29.0. The topological polar surface area (TPSA) is 230 Å². The molecule has 82 heavy (non-hydrogen) atoms. The molecular weight excluding hydrogens is 1130 g/mol. The van der Waals surface area contributed by atoms with Crippen LogP contribution in [0.1, 0.15) is 180 Å². The summed E-state index contributed by atoms with van der Waals surface area (Å²) in [6.07, 6.45) is 11.3. The molecule has 5 aliphatic heterocycles. The molecule has 0 saturated carbocycles. The number of amides is 7. The zero-order valence-corrected chi connectivity index (χ0v) is 51.1. The van der Waals surface area contributed by atoms with Crippen molar-refractivity contribution in [2.24, 2.45) is 17.4 Å². The summed E-state index contributed by atoms with van der Waals surface area (Å²) in [5, 5.41) is 4.11. The third-order valence-corrected chi connectivity index (χ3v) is 18.1. The first kappa shape index (κ1) is 66.6. The van der Waals surface area contributed by atoms with Crippen LogP contribution in [0.15, 0.2) is 72.8 Å². The number of rotatable bonds is 29. The van der Waals surface area contributed by atoms with Crippen LogP contribution < -0.4 is 16.8 Å². The number of unbranched alkanes of at least 4 members (excludes halogenated alkanes) is 6. The van der Waals surface area contributed by atoms with Crippen molar-refractivity contribution in [2.45, 2.75) is 158 Å². The molecule has 3 aromatic carbocycles. The predicted octanol–water partition coefficient (Wildman–Crippen LogP) is 10.5. The average molecular weight is 1210 g/mol. The highest BCUT2D eigenvalue weighted by Gasteiger charge is 2.38. The fourth-order valence-corrected chi connectivity index (χ4v) is 13.6. The predicted molar refractivity (Wildman–Crippen MR) is 324 cm³/mol. The van der Waals surface area contributed by atoms with Gasteiger partial charge in [0.25, 0.3) is 35.4 Å². The number of hydrogen-bond donors (Lipinski definition) is 3. The van der Waals surface area contributed by atoms with Crippen molar-refractivity contribution < 1.29 is 52.5 Å². The van der Waals surface area contributed by atoms with E-state index in [1.165, 1.54) is 21.1 Å². The zero-order chi connectivity index (χ0) is 59.2. The first-order chi connectivity index (χ1) is 39.4. The second-order valence-corrected chi connectivity index (χ2v) is 25.5. The minimum Gasteiger partial charge on any atom is -0.444 e. The van der Waals surface area contributed by atoms with Crippen LogP contribution in [0.2, 0.25) is 0 Å². The van der Waals surface area contributed by atoms with E-state index in [4.69, 9.17) is 53.6 Å². The maximum absolute atomic E-state index is 12.7. The van der Waals surface area contributed by atoms with Crippen molar-refractivity contribution in [2.75, 3.05) is 62.9 Å². The number of fused-ring (bicyclic) bond motifs is 3. The second-order valence-electron chi connectivity index (χ2n) is 22.2. The summed E-state index contributed by atoms with van der Waals surface area (Å²) in [6.45, 7) is 11.1. The zero-order valence-electron chi connectivity index (χ0n) is 48.0. The van der Waals surface area contributed by atoms with Gasteiger partial charge < -0.3 is 35.7 Å². The number of alkyl halides is 2. The molecule has 3 aromatic rings. The minimum atomic E-state index is -0.548. The van der Waals surface area contributed by atoms with Crippen LogP contribution in [-0.2, 0) is 18.9 Å². The van der Waals surface area contributed by atoms with Gasteiger partial charge in [0, 0.05) is 80.4 Å². The lowest BCUT2D eigenvalue weighted by molar-refractivity contribution is -0.148. The number of imide groups is 3. The summed E-state index contributed by atoms with van der Waals surface area (Å²) in [4.78, 5) is 91.8. The van der Waals surface area contributed by atoms with Gasteiger partial charge in [-0.15, -0.1) is 23.2 Å². The van der Waals surface area contributed by atoms with Crippen LogP contribution in [-0.4, -0.2) is 160 Å². The molecule has 17 nitrogen and oxygen atoms in total. The molecule has 0 aliphatic carbocycles. The van der Waals surface area contributed by atoms with Gasteiger partial charge in [-0.1, -0.05) is 62.6 Å². The molecule has 8 rings (SSSR count). The fraction of sp³-hybridized carbons (Fsp3) is 0.590. The van der Waals surface area contributed by atoms with Crippen molar-refractivity contribution >= 4 is 88.3 Å². The number of carbonyl (C=O) groups is 7. The number of hydrogen-bond acceptors (Lipinski definition) is 15. The number of alkyl carbamates (subject to hydrolysis) is 1. The van der Waals surface area contributed by atoms with E-state index >= 15 is 0 Å². The SMILES string of the molecule is C[C@H]1CS[C@@H](CCCCC(OCCCCN2C(=O)c3ccccc3C2=O)OCCCCN2C(=O)c3ccccc3C2=O)[C@H]1NC(=O)OC(C)(C)C.ClCCl.N[C@@H]1[C@H](CCCCCOCCCCN2C(=O)c3ccccc3C2=O)SC[C@@H]1N. The number of thioether (sulfide) groups is 2. The third-order valence-electron chi connectivity index (χ3n) is 14.9. The molecule has 450 valence electrons. The highest BCUT2D eigenvalue weighted by Crippen LogP contribution is 2.36. The van der Waals surface area contributed by atoms with Crippen molar-refractivity contribution in [3.8, 4) is 0 Å². The molecule has 21 heteroatoms. The molecular formula is C61H84Cl2N6O11S2. The number of nitrogens with one attached hydrogen (secondary N) is 1. The molecule has 5 aliphatic rings. The van der Waals surface area contributed by atoms with Crippen LogP contribution in [0.25, 0.3) is 0 Å². The Balaban J connectivity index is 0.000000293. The van der Waals surface area contributed by atoms with Crippen LogP contribution in [0.5, 0.6) is 0 Å².